The maximum absolute atomic E-state index is 12.5. The summed E-state index contributed by atoms with van der Waals surface area (Å²) in [5.74, 6) is 0.0863. The first-order valence-electron chi connectivity index (χ1n) is 8.32. The van der Waals surface area contributed by atoms with E-state index in [0.29, 0.717) is 30.3 Å². The van der Waals surface area contributed by atoms with Gasteiger partial charge in [-0.1, -0.05) is 24.9 Å². The fourth-order valence-electron chi connectivity index (χ4n) is 3.12. The average molecular weight is 366 g/mol. The van der Waals surface area contributed by atoms with Gasteiger partial charge in [-0.15, -0.1) is 0 Å². The first-order valence-corrected chi connectivity index (χ1v) is 8.70. The third kappa shape index (κ3) is 3.71. The molecule has 0 radical (unpaired) electrons. The van der Waals surface area contributed by atoms with Gasteiger partial charge in [0.25, 0.3) is 0 Å². The number of carbonyl (C=O) groups is 3. The largest absolute Gasteiger partial charge is 0.415 e. The van der Waals surface area contributed by atoms with E-state index >= 15 is 0 Å². The number of hydrogen-bond acceptors (Lipinski definition) is 4. The van der Waals surface area contributed by atoms with Crippen LogP contribution in [-0.4, -0.2) is 59.4 Å². The van der Waals surface area contributed by atoms with Gasteiger partial charge in [0, 0.05) is 18.1 Å². The van der Waals surface area contributed by atoms with Crippen molar-refractivity contribution in [1.29, 1.82) is 0 Å². The highest BCUT2D eigenvalue weighted by atomic mass is 35.5. The molecule has 1 aromatic carbocycles. The fraction of sp³-hybridized carbons (Fsp3) is 0.471. The molecule has 7 nitrogen and oxygen atoms in total. The number of nitrogens with zero attached hydrogens (tertiary/aromatic N) is 2. The minimum Gasteiger partial charge on any atom is -0.410 e. The molecule has 2 fully saturated rings. The Labute approximate surface area is 150 Å². The normalized spacial score (nSPS) is 23.1. The predicted octanol–water partition coefficient (Wildman–Crippen LogP) is 1.65. The summed E-state index contributed by atoms with van der Waals surface area (Å²) in [6.45, 7) is 2.76. The van der Waals surface area contributed by atoms with E-state index < -0.39 is 18.2 Å². The van der Waals surface area contributed by atoms with E-state index in [9.17, 15) is 14.4 Å². The van der Waals surface area contributed by atoms with Gasteiger partial charge >= 0.3 is 6.09 Å². The van der Waals surface area contributed by atoms with Gasteiger partial charge in [-0.3, -0.25) is 9.59 Å². The molecular formula is C17H20ClN3O4. The summed E-state index contributed by atoms with van der Waals surface area (Å²) >= 11 is 5.80. The van der Waals surface area contributed by atoms with Gasteiger partial charge < -0.3 is 19.9 Å². The minimum atomic E-state index is -0.660. The predicted molar refractivity (Wildman–Crippen MR) is 91.4 cm³/mol. The number of ether oxygens (including phenoxy) is 1. The smallest absolute Gasteiger partial charge is 0.410 e. The van der Waals surface area contributed by atoms with Crippen molar-refractivity contribution in [2.45, 2.75) is 31.8 Å². The van der Waals surface area contributed by atoms with Crippen molar-refractivity contribution in [3.05, 3.63) is 29.3 Å². The van der Waals surface area contributed by atoms with Gasteiger partial charge in [0.05, 0.1) is 6.54 Å². The van der Waals surface area contributed by atoms with Crippen molar-refractivity contribution in [2.75, 3.05) is 19.6 Å². The van der Waals surface area contributed by atoms with Gasteiger partial charge in [-0.25, -0.2) is 4.79 Å². The van der Waals surface area contributed by atoms with Gasteiger partial charge in [0.2, 0.25) is 11.8 Å². The lowest BCUT2D eigenvalue weighted by molar-refractivity contribution is -0.152. The Hall–Kier alpha value is -2.28. The minimum absolute atomic E-state index is 0.0721. The van der Waals surface area contributed by atoms with E-state index in [-0.39, 0.29) is 18.4 Å². The molecule has 134 valence electrons. The van der Waals surface area contributed by atoms with E-state index in [1.807, 2.05) is 6.92 Å². The lowest BCUT2D eigenvalue weighted by Gasteiger charge is -2.44. The molecule has 8 heteroatoms. The third-order valence-electron chi connectivity index (χ3n) is 4.44. The average Bonchev–Trinajstić information content (AvgIpc) is 2.61. The molecule has 2 aliphatic heterocycles. The van der Waals surface area contributed by atoms with Crippen LogP contribution in [0.4, 0.5) is 4.79 Å². The van der Waals surface area contributed by atoms with Gasteiger partial charge in [-0.2, -0.15) is 0 Å². The number of hydrogen-bond donors (Lipinski definition) is 1. The fourth-order valence-corrected chi connectivity index (χ4v) is 3.25. The molecule has 1 N–H and O–H groups in total. The van der Waals surface area contributed by atoms with Crippen LogP contribution in [0.3, 0.4) is 0 Å². The molecule has 1 aromatic rings. The van der Waals surface area contributed by atoms with Crippen molar-refractivity contribution >= 4 is 29.5 Å². The molecule has 0 aromatic heterocycles. The number of piperazine rings is 2. The van der Waals surface area contributed by atoms with E-state index in [4.69, 9.17) is 16.3 Å². The molecule has 2 saturated heterocycles. The highest BCUT2D eigenvalue weighted by Gasteiger charge is 2.44. The van der Waals surface area contributed by atoms with Crippen LogP contribution in [0.2, 0.25) is 5.02 Å². The first-order chi connectivity index (χ1) is 12.0. The number of amides is 3. The molecular weight excluding hydrogens is 346 g/mol. The standard InChI is InChI=1S/C17H20ClN3O4/c1-2-3-13-16(23)21-9-8-20(10-14(21)15(22)19-13)17(24)25-12-6-4-11(18)5-7-12/h4-7,13-14H,2-3,8-10H2,1H3,(H,19,22)/t13-,14+/m0/s1. The second-order valence-electron chi connectivity index (χ2n) is 6.17. The summed E-state index contributed by atoms with van der Waals surface area (Å²) < 4.78 is 5.30. The molecule has 2 atom stereocenters. The first kappa shape index (κ1) is 17.5. The number of benzene rings is 1. The van der Waals surface area contributed by atoms with E-state index in [2.05, 4.69) is 5.32 Å². The van der Waals surface area contributed by atoms with Crippen molar-refractivity contribution in [2.24, 2.45) is 0 Å². The number of carbonyl (C=O) groups excluding carboxylic acids is 3. The third-order valence-corrected chi connectivity index (χ3v) is 4.69. The highest BCUT2D eigenvalue weighted by Crippen LogP contribution is 2.20. The molecule has 2 heterocycles. The summed E-state index contributed by atoms with van der Waals surface area (Å²) in [4.78, 5) is 40.1. The highest BCUT2D eigenvalue weighted by molar-refractivity contribution is 6.30. The maximum Gasteiger partial charge on any atom is 0.415 e. The lowest BCUT2D eigenvalue weighted by Crippen LogP contribution is -2.69. The van der Waals surface area contributed by atoms with Crippen molar-refractivity contribution in [3.8, 4) is 5.75 Å². The van der Waals surface area contributed by atoms with E-state index in [1.54, 1.807) is 29.2 Å². The molecule has 3 amide bonds. The molecule has 0 saturated carbocycles. The van der Waals surface area contributed by atoms with Crippen LogP contribution >= 0.6 is 11.6 Å². The number of halogens is 1. The summed E-state index contributed by atoms with van der Waals surface area (Å²) in [5, 5.41) is 3.31. The Morgan fingerprint density at radius 3 is 2.68 bits per heavy atom. The van der Waals surface area contributed by atoms with Crippen LogP contribution in [-0.2, 0) is 9.59 Å². The van der Waals surface area contributed by atoms with E-state index in [1.165, 1.54) is 4.90 Å². The molecule has 2 aliphatic rings. The Morgan fingerprint density at radius 2 is 2.00 bits per heavy atom. The monoisotopic (exact) mass is 365 g/mol. The Bertz CT molecular complexity index is 679. The quantitative estimate of drug-likeness (QED) is 0.883. The van der Waals surface area contributed by atoms with Crippen LogP contribution in [0.15, 0.2) is 24.3 Å². The summed E-state index contributed by atoms with van der Waals surface area (Å²) in [7, 11) is 0. The van der Waals surface area contributed by atoms with Crippen LogP contribution in [0.5, 0.6) is 5.75 Å². The van der Waals surface area contributed by atoms with Crippen LogP contribution in [0.25, 0.3) is 0 Å². The number of fused-ring (bicyclic) bond motifs is 1. The molecule has 0 unspecified atom stereocenters. The van der Waals surface area contributed by atoms with Gasteiger partial charge in [0.1, 0.15) is 17.8 Å². The molecule has 0 spiro atoms. The topological polar surface area (TPSA) is 79.0 Å². The van der Waals surface area contributed by atoms with Crippen LogP contribution in [0, 0.1) is 0 Å². The van der Waals surface area contributed by atoms with Gasteiger partial charge in [-0.05, 0) is 30.7 Å². The molecule has 3 rings (SSSR count). The number of rotatable bonds is 3. The second-order valence-corrected chi connectivity index (χ2v) is 6.60. The van der Waals surface area contributed by atoms with Crippen LogP contribution in [0.1, 0.15) is 19.8 Å². The lowest BCUT2D eigenvalue weighted by atomic mass is 10.0. The van der Waals surface area contributed by atoms with Crippen molar-refractivity contribution < 1.29 is 19.1 Å². The molecule has 25 heavy (non-hydrogen) atoms. The maximum atomic E-state index is 12.5. The van der Waals surface area contributed by atoms with Crippen molar-refractivity contribution in [1.82, 2.24) is 15.1 Å². The Balaban J connectivity index is 1.64. The zero-order chi connectivity index (χ0) is 18.0. The van der Waals surface area contributed by atoms with E-state index in [0.717, 1.165) is 6.42 Å². The SMILES string of the molecule is CCC[C@@H]1NC(=O)[C@H]2CN(C(=O)Oc3ccc(Cl)cc3)CCN2C1=O. The Kier molecular flexibility index (Phi) is 5.13. The second kappa shape index (κ2) is 7.31. The summed E-state index contributed by atoms with van der Waals surface area (Å²) in [6, 6.07) is 5.34. The van der Waals surface area contributed by atoms with Gasteiger partial charge in [0.15, 0.2) is 0 Å². The molecule has 0 bridgehead atoms. The van der Waals surface area contributed by atoms with Crippen LogP contribution < -0.4 is 10.1 Å². The number of nitrogens with one attached hydrogen (secondary N) is 1. The zero-order valence-corrected chi connectivity index (χ0v) is 14.7. The summed E-state index contributed by atoms with van der Waals surface area (Å²) in [6.07, 6.45) is 0.892. The zero-order valence-electron chi connectivity index (χ0n) is 13.9. The van der Waals surface area contributed by atoms with Crippen molar-refractivity contribution in [3.63, 3.8) is 0 Å². The summed E-state index contributed by atoms with van der Waals surface area (Å²) in [5.41, 5.74) is 0. The Morgan fingerprint density at radius 1 is 1.28 bits per heavy atom. The molecule has 0 aliphatic carbocycles.